The topological polar surface area (TPSA) is 68.0 Å². The fourth-order valence-corrected chi connectivity index (χ4v) is 0.796. The third-order valence-electron chi connectivity index (χ3n) is 1.26. The molecule has 0 radical (unpaired) electrons. The van der Waals surface area contributed by atoms with Crippen molar-refractivity contribution in [3.8, 4) is 0 Å². The number of allylic oxidation sites excluding steroid dienone is 1. The molecule has 0 aliphatic carbocycles. The Kier molecular flexibility index (Phi) is 2.23. The van der Waals surface area contributed by atoms with Crippen LogP contribution in [-0.2, 0) is 6.54 Å². The smallest absolute Gasteiger partial charge is 0.355 e. The van der Waals surface area contributed by atoms with Crippen LogP contribution in [0.3, 0.4) is 0 Å². The van der Waals surface area contributed by atoms with Gasteiger partial charge >= 0.3 is 5.97 Å². The summed E-state index contributed by atoms with van der Waals surface area (Å²) in [5, 5.41) is 15.7. The van der Waals surface area contributed by atoms with E-state index < -0.39 is 5.97 Å². The lowest BCUT2D eigenvalue weighted by atomic mass is 10.3. The molecule has 1 heterocycles. The highest BCUT2D eigenvalue weighted by Gasteiger charge is 2.10. The fraction of sp³-hybridized carbons (Fsp3) is 0.286. The van der Waals surface area contributed by atoms with Gasteiger partial charge in [-0.2, -0.15) is 0 Å². The minimum absolute atomic E-state index is 0.0815. The lowest BCUT2D eigenvalue weighted by molar-refractivity contribution is 0.0684. The molecule has 0 saturated heterocycles. The first kappa shape index (κ1) is 8.45. The second kappa shape index (κ2) is 3.17. The van der Waals surface area contributed by atoms with E-state index in [9.17, 15) is 4.79 Å². The van der Waals surface area contributed by atoms with Gasteiger partial charge in [-0.3, -0.25) is 0 Å². The van der Waals surface area contributed by atoms with Crippen molar-refractivity contribution in [2.24, 2.45) is 0 Å². The first-order chi connectivity index (χ1) is 5.61. The number of hydrogen-bond donors (Lipinski definition) is 1. The van der Waals surface area contributed by atoms with E-state index in [0.29, 0.717) is 6.54 Å². The molecule has 0 spiro atoms. The van der Waals surface area contributed by atoms with Crippen molar-refractivity contribution in [2.75, 3.05) is 0 Å². The van der Waals surface area contributed by atoms with Crippen LogP contribution < -0.4 is 0 Å². The average Bonchev–Trinajstić information content (AvgIpc) is 2.33. The second-order valence-corrected chi connectivity index (χ2v) is 2.54. The van der Waals surface area contributed by atoms with Crippen molar-refractivity contribution in [3.05, 3.63) is 24.0 Å². The molecule has 0 bridgehead atoms. The molecule has 0 aliphatic heterocycles. The second-order valence-electron chi connectivity index (χ2n) is 2.54. The van der Waals surface area contributed by atoms with Crippen LogP contribution in [-0.4, -0.2) is 26.1 Å². The van der Waals surface area contributed by atoms with Gasteiger partial charge in [0.2, 0.25) is 0 Å². The lowest BCUT2D eigenvalue weighted by Gasteiger charge is -2.00. The zero-order chi connectivity index (χ0) is 9.14. The summed E-state index contributed by atoms with van der Waals surface area (Å²) in [4.78, 5) is 10.5. The Hall–Kier alpha value is -1.65. The molecule has 12 heavy (non-hydrogen) atoms. The van der Waals surface area contributed by atoms with E-state index in [1.54, 1.807) is 6.92 Å². The largest absolute Gasteiger partial charge is 0.476 e. The molecule has 1 N–H and O–H groups in total. The molecule has 64 valence electrons. The third-order valence-corrected chi connectivity index (χ3v) is 1.26. The van der Waals surface area contributed by atoms with Crippen molar-refractivity contribution < 1.29 is 9.90 Å². The highest BCUT2D eigenvalue weighted by atomic mass is 16.4. The van der Waals surface area contributed by atoms with Crippen molar-refractivity contribution in [2.45, 2.75) is 13.5 Å². The van der Waals surface area contributed by atoms with Gasteiger partial charge in [0.1, 0.15) is 0 Å². The van der Waals surface area contributed by atoms with Gasteiger partial charge < -0.3 is 5.11 Å². The predicted octanol–water partition coefficient (Wildman–Crippen LogP) is 0.552. The number of hydrogen-bond acceptors (Lipinski definition) is 3. The fourth-order valence-electron chi connectivity index (χ4n) is 0.796. The Bertz CT molecular complexity index is 316. The molecule has 5 nitrogen and oxygen atoms in total. The summed E-state index contributed by atoms with van der Waals surface area (Å²) < 4.78 is 1.30. The van der Waals surface area contributed by atoms with E-state index in [0.717, 1.165) is 5.57 Å². The summed E-state index contributed by atoms with van der Waals surface area (Å²) in [5.41, 5.74) is 0.918. The van der Waals surface area contributed by atoms with Gasteiger partial charge in [0.15, 0.2) is 5.69 Å². The van der Waals surface area contributed by atoms with Gasteiger partial charge in [-0.05, 0) is 6.92 Å². The number of carboxylic acid groups (broad SMARTS) is 1. The van der Waals surface area contributed by atoms with Crippen molar-refractivity contribution in [3.63, 3.8) is 0 Å². The monoisotopic (exact) mass is 167 g/mol. The molecule has 0 aliphatic rings. The van der Waals surface area contributed by atoms with E-state index in [-0.39, 0.29) is 5.69 Å². The quantitative estimate of drug-likeness (QED) is 0.667. The summed E-state index contributed by atoms with van der Waals surface area (Å²) >= 11 is 0. The summed E-state index contributed by atoms with van der Waals surface area (Å²) in [6.07, 6.45) is 1.21. The number of nitrogens with zero attached hydrogens (tertiary/aromatic N) is 3. The molecule has 1 aromatic rings. The molecule has 5 heteroatoms. The first-order valence-corrected chi connectivity index (χ1v) is 3.37. The highest BCUT2D eigenvalue weighted by molar-refractivity contribution is 5.85. The van der Waals surface area contributed by atoms with Crippen LogP contribution >= 0.6 is 0 Å². The number of aromatic carboxylic acids is 1. The third kappa shape index (κ3) is 1.69. The minimum atomic E-state index is -1.03. The van der Waals surface area contributed by atoms with Gasteiger partial charge in [-0.25, -0.2) is 9.48 Å². The van der Waals surface area contributed by atoms with Crippen molar-refractivity contribution in [1.82, 2.24) is 15.0 Å². The first-order valence-electron chi connectivity index (χ1n) is 3.37. The van der Waals surface area contributed by atoms with Crippen LogP contribution in [0.1, 0.15) is 17.4 Å². The van der Waals surface area contributed by atoms with Crippen LogP contribution in [0, 0.1) is 0 Å². The Balaban J connectivity index is 2.91. The van der Waals surface area contributed by atoms with Crippen LogP contribution in [0.15, 0.2) is 18.3 Å². The highest BCUT2D eigenvalue weighted by Crippen LogP contribution is 1.99. The van der Waals surface area contributed by atoms with Gasteiger partial charge in [0.05, 0.1) is 12.7 Å². The van der Waals surface area contributed by atoms with Crippen molar-refractivity contribution >= 4 is 5.97 Å². The molecule has 0 amide bonds. The average molecular weight is 167 g/mol. The molecule has 0 unspecified atom stereocenters. The number of rotatable bonds is 3. The standard InChI is InChI=1S/C7H9N3O2/c1-5(2)4-10-6(7(11)12)3-8-9-10/h3H,1,4H2,2H3,(H,11,12). The van der Waals surface area contributed by atoms with Crippen LogP contribution in [0.4, 0.5) is 0 Å². The Morgan fingerprint density at radius 3 is 3.00 bits per heavy atom. The van der Waals surface area contributed by atoms with E-state index >= 15 is 0 Å². The number of aromatic nitrogens is 3. The van der Waals surface area contributed by atoms with Gasteiger partial charge in [0.25, 0.3) is 0 Å². The molecule has 0 saturated carbocycles. The minimum Gasteiger partial charge on any atom is -0.476 e. The van der Waals surface area contributed by atoms with E-state index in [4.69, 9.17) is 5.11 Å². The summed E-state index contributed by atoms with van der Waals surface area (Å²) in [6, 6.07) is 0. The lowest BCUT2D eigenvalue weighted by Crippen LogP contribution is -2.10. The zero-order valence-electron chi connectivity index (χ0n) is 6.69. The predicted molar refractivity (Wildman–Crippen MR) is 41.8 cm³/mol. The molecule has 0 atom stereocenters. The number of carboxylic acids is 1. The maximum absolute atomic E-state index is 10.5. The SMILES string of the molecule is C=C(C)Cn1nncc1C(=O)O. The number of carbonyl (C=O) groups is 1. The van der Waals surface area contributed by atoms with Gasteiger partial charge in [-0.1, -0.05) is 17.4 Å². The molecular weight excluding hydrogens is 158 g/mol. The van der Waals surface area contributed by atoms with Crippen molar-refractivity contribution in [1.29, 1.82) is 0 Å². The van der Waals surface area contributed by atoms with Crippen LogP contribution in [0.2, 0.25) is 0 Å². The molecule has 1 rings (SSSR count). The summed E-state index contributed by atoms with van der Waals surface area (Å²) in [6.45, 7) is 5.84. The van der Waals surface area contributed by atoms with Gasteiger partial charge in [-0.15, -0.1) is 5.10 Å². The van der Waals surface area contributed by atoms with Crippen LogP contribution in [0.25, 0.3) is 0 Å². The van der Waals surface area contributed by atoms with Gasteiger partial charge in [0, 0.05) is 0 Å². The summed E-state index contributed by atoms with van der Waals surface area (Å²) in [5.74, 6) is -1.03. The Morgan fingerprint density at radius 2 is 2.50 bits per heavy atom. The molecular formula is C7H9N3O2. The zero-order valence-corrected chi connectivity index (χ0v) is 6.69. The maximum atomic E-state index is 10.5. The Labute approximate surface area is 69.3 Å². The molecule has 1 aromatic heterocycles. The molecule has 0 aromatic carbocycles. The van der Waals surface area contributed by atoms with E-state index in [2.05, 4.69) is 16.9 Å². The molecule has 0 fully saturated rings. The normalized spacial score (nSPS) is 9.75. The van der Waals surface area contributed by atoms with E-state index in [1.165, 1.54) is 10.9 Å². The summed E-state index contributed by atoms with van der Waals surface area (Å²) in [7, 11) is 0. The van der Waals surface area contributed by atoms with E-state index in [1.807, 2.05) is 0 Å². The maximum Gasteiger partial charge on any atom is 0.355 e. The van der Waals surface area contributed by atoms with Crippen LogP contribution in [0.5, 0.6) is 0 Å². The Morgan fingerprint density at radius 1 is 1.83 bits per heavy atom.